The van der Waals surface area contributed by atoms with Gasteiger partial charge in [-0.05, 0) is 19.8 Å². The Labute approximate surface area is 75.3 Å². The lowest BCUT2D eigenvalue weighted by atomic mass is 10.2. The van der Waals surface area contributed by atoms with Crippen LogP contribution in [0.25, 0.3) is 0 Å². The van der Waals surface area contributed by atoms with Crippen molar-refractivity contribution < 1.29 is 17.2 Å². The van der Waals surface area contributed by atoms with E-state index in [1.165, 1.54) is 0 Å². The Morgan fingerprint density at radius 3 is 2.17 bits per heavy atom. The van der Waals surface area contributed by atoms with Gasteiger partial charge in [-0.15, -0.1) is 0 Å². The summed E-state index contributed by atoms with van der Waals surface area (Å²) >= 11 is 0. The molecule has 0 saturated heterocycles. The highest BCUT2D eigenvalue weighted by molar-refractivity contribution is 8.13. The van der Waals surface area contributed by atoms with Gasteiger partial charge in [-0.3, -0.25) is 0 Å². The van der Waals surface area contributed by atoms with Crippen LogP contribution in [0.4, 0.5) is 8.78 Å². The van der Waals surface area contributed by atoms with Crippen molar-refractivity contribution in [2.45, 2.75) is 32.1 Å². The highest BCUT2D eigenvalue weighted by Crippen LogP contribution is 2.20. The molecule has 0 heterocycles. The molecule has 6 heteroatoms. The zero-order valence-electron chi connectivity index (χ0n) is 6.69. The van der Waals surface area contributed by atoms with E-state index < -0.39 is 15.0 Å². The second kappa shape index (κ2) is 4.37. The molecule has 0 aliphatic heterocycles. The summed E-state index contributed by atoms with van der Waals surface area (Å²) in [6, 6.07) is 0. The predicted octanol–water partition coefficient (Wildman–Crippen LogP) is 2.38. The summed E-state index contributed by atoms with van der Waals surface area (Å²) in [5.41, 5.74) is 0. The quantitative estimate of drug-likeness (QED) is 0.527. The standard InChI is InChI=1S/C6H11ClF2O2S/c1-6(8,9)4-2-3-5-12(7,10)11/h2-5H2,1H3. The lowest BCUT2D eigenvalue weighted by Crippen LogP contribution is -2.09. The Morgan fingerprint density at radius 2 is 1.83 bits per heavy atom. The minimum absolute atomic E-state index is 0.176. The fraction of sp³-hybridized carbons (Fsp3) is 1.00. The maximum Gasteiger partial charge on any atom is 0.245 e. The Kier molecular flexibility index (Phi) is 4.40. The molecule has 12 heavy (non-hydrogen) atoms. The van der Waals surface area contributed by atoms with E-state index in [1.807, 2.05) is 0 Å². The predicted molar refractivity (Wildman–Crippen MR) is 44.1 cm³/mol. The van der Waals surface area contributed by atoms with Crippen LogP contribution in [0.1, 0.15) is 26.2 Å². The molecule has 0 rings (SSSR count). The molecule has 0 atom stereocenters. The van der Waals surface area contributed by atoms with Crippen molar-refractivity contribution in [3.05, 3.63) is 0 Å². The molecule has 0 aliphatic rings. The van der Waals surface area contributed by atoms with Crippen molar-refractivity contribution in [1.29, 1.82) is 0 Å². The van der Waals surface area contributed by atoms with Crippen LogP contribution in [0.5, 0.6) is 0 Å². The van der Waals surface area contributed by atoms with Gasteiger partial charge in [0.2, 0.25) is 15.0 Å². The summed E-state index contributed by atoms with van der Waals surface area (Å²) < 4.78 is 45.0. The van der Waals surface area contributed by atoms with Crippen molar-refractivity contribution in [2.75, 3.05) is 5.75 Å². The van der Waals surface area contributed by atoms with Crippen LogP contribution in [0, 0.1) is 0 Å². The molecule has 2 nitrogen and oxygen atoms in total. The van der Waals surface area contributed by atoms with E-state index >= 15 is 0 Å². The van der Waals surface area contributed by atoms with Gasteiger partial charge in [0.05, 0.1) is 5.75 Å². The number of alkyl halides is 2. The van der Waals surface area contributed by atoms with Crippen molar-refractivity contribution in [1.82, 2.24) is 0 Å². The van der Waals surface area contributed by atoms with Gasteiger partial charge < -0.3 is 0 Å². The fourth-order valence-electron chi connectivity index (χ4n) is 0.710. The van der Waals surface area contributed by atoms with Crippen molar-refractivity contribution >= 4 is 19.7 Å². The normalized spacial score (nSPS) is 13.3. The second-order valence-electron chi connectivity index (χ2n) is 2.77. The third kappa shape index (κ3) is 10.1. The highest BCUT2D eigenvalue weighted by atomic mass is 35.7. The van der Waals surface area contributed by atoms with E-state index in [-0.39, 0.29) is 25.0 Å². The van der Waals surface area contributed by atoms with Crippen LogP contribution in [0.15, 0.2) is 0 Å². The van der Waals surface area contributed by atoms with Crippen LogP contribution >= 0.6 is 10.7 Å². The largest absolute Gasteiger partial charge is 0.245 e. The number of rotatable bonds is 5. The molecule has 0 aromatic carbocycles. The van der Waals surface area contributed by atoms with Crippen molar-refractivity contribution in [2.24, 2.45) is 0 Å². The highest BCUT2D eigenvalue weighted by Gasteiger charge is 2.20. The van der Waals surface area contributed by atoms with Crippen LogP contribution in [-0.2, 0) is 9.05 Å². The summed E-state index contributed by atoms with van der Waals surface area (Å²) in [6.07, 6.45) is 0.0735. The van der Waals surface area contributed by atoms with Crippen LogP contribution in [0.3, 0.4) is 0 Å². The van der Waals surface area contributed by atoms with Gasteiger partial charge >= 0.3 is 0 Å². The first-order valence-electron chi connectivity index (χ1n) is 3.51. The third-order valence-electron chi connectivity index (χ3n) is 1.25. The number of halogens is 3. The Bertz CT molecular complexity index is 220. The maximum atomic E-state index is 12.2. The van der Waals surface area contributed by atoms with Crippen molar-refractivity contribution in [3.8, 4) is 0 Å². The van der Waals surface area contributed by atoms with E-state index in [1.54, 1.807) is 0 Å². The molecule has 0 bridgehead atoms. The molecular formula is C6H11ClF2O2S. The lowest BCUT2D eigenvalue weighted by Gasteiger charge is -2.08. The maximum absolute atomic E-state index is 12.2. The van der Waals surface area contributed by atoms with Gasteiger partial charge in [-0.2, -0.15) is 0 Å². The molecule has 0 N–H and O–H groups in total. The Hall–Kier alpha value is 0.1000. The van der Waals surface area contributed by atoms with E-state index in [9.17, 15) is 17.2 Å². The summed E-state index contributed by atoms with van der Waals surface area (Å²) in [5.74, 6) is -2.94. The minimum Gasteiger partial charge on any atom is -0.212 e. The van der Waals surface area contributed by atoms with Gasteiger partial charge in [-0.1, -0.05) is 0 Å². The topological polar surface area (TPSA) is 34.1 Å². The van der Waals surface area contributed by atoms with E-state index in [0.29, 0.717) is 0 Å². The lowest BCUT2D eigenvalue weighted by molar-refractivity contribution is 0.0109. The third-order valence-corrected chi connectivity index (χ3v) is 2.49. The summed E-state index contributed by atoms with van der Waals surface area (Å²) in [4.78, 5) is 0. The fourth-order valence-corrected chi connectivity index (χ4v) is 1.59. The molecular weight excluding hydrogens is 210 g/mol. The summed E-state index contributed by atoms with van der Waals surface area (Å²) in [5, 5.41) is 0. The molecule has 0 aliphatic carbocycles. The SMILES string of the molecule is CC(F)(F)CCCCS(=O)(=O)Cl. The van der Waals surface area contributed by atoms with Crippen LogP contribution in [-0.4, -0.2) is 20.1 Å². The zero-order chi connectivity index (χ0) is 9.83. The smallest absolute Gasteiger partial charge is 0.212 e. The molecule has 0 fully saturated rings. The molecule has 0 saturated carbocycles. The monoisotopic (exact) mass is 220 g/mol. The van der Waals surface area contributed by atoms with E-state index in [4.69, 9.17) is 10.7 Å². The first kappa shape index (κ1) is 12.1. The number of hydrogen-bond donors (Lipinski definition) is 0. The molecule has 0 aromatic heterocycles. The minimum atomic E-state index is -3.51. The summed E-state index contributed by atoms with van der Waals surface area (Å²) in [7, 11) is 1.35. The average Bonchev–Trinajstić information content (AvgIpc) is 1.76. The van der Waals surface area contributed by atoms with Crippen molar-refractivity contribution in [3.63, 3.8) is 0 Å². The molecule has 0 unspecified atom stereocenters. The van der Waals surface area contributed by atoms with Gasteiger partial charge in [0.1, 0.15) is 0 Å². The van der Waals surface area contributed by atoms with Crippen LogP contribution in [0.2, 0.25) is 0 Å². The second-order valence-corrected chi connectivity index (χ2v) is 5.67. The molecule has 74 valence electrons. The number of unbranched alkanes of at least 4 members (excludes halogenated alkanes) is 1. The van der Waals surface area contributed by atoms with E-state index in [2.05, 4.69) is 0 Å². The average molecular weight is 221 g/mol. The molecule has 0 radical (unpaired) electrons. The van der Waals surface area contributed by atoms with E-state index in [0.717, 1.165) is 6.92 Å². The molecule has 0 spiro atoms. The Morgan fingerprint density at radius 1 is 1.33 bits per heavy atom. The number of hydrogen-bond acceptors (Lipinski definition) is 2. The van der Waals surface area contributed by atoms with Gasteiger partial charge in [-0.25, -0.2) is 17.2 Å². The van der Waals surface area contributed by atoms with Gasteiger partial charge in [0.15, 0.2) is 0 Å². The first-order chi connectivity index (χ1) is 5.21. The van der Waals surface area contributed by atoms with Gasteiger partial charge in [0, 0.05) is 17.1 Å². The first-order valence-corrected chi connectivity index (χ1v) is 5.99. The molecule has 0 aromatic rings. The Balaban J connectivity index is 3.48. The van der Waals surface area contributed by atoms with Crippen LogP contribution < -0.4 is 0 Å². The van der Waals surface area contributed by atoms with Gasteiger partial charge in [0.25, 0.3) is 0 Å². The molecule has 0 amide bonds. The summed E-state index contributed by atoms with van der Waals surface area (Å²) in [6.45, 7) is 0.808. The zero-order valence-corrected chi connectivity index (χ0v) is 8.26.